The first-order valence-electron chi connectivity index (χ1n) is 5.81. The average molecular weight is 258 g/mol. The summed E-state index contributed by atoms with van der Waals surface area (Å²) in [5, 5.41) is 0. The maximum absolute atomic E-state index is 12.9. The molecule has 1 atom stereocenters. The molecule has 0 N–H and O–H groups in total. The van der Waals surface area contributed by atoms with Gasteiger partial charge in [0.2, 0.25) is 6.41 Å². The highest BCUT2D eigenvalue weighted by Crippen LogP contribution is 2.28. The van der Waals surface area contributed by atoms with Crippen LogP contribution in [0, 0.1) is 5.82 Å². The fourth-order valence-electron chi connectivity index (χ4n) is 2.11. The van der Waals surface area contributed by atoms with Gasteiger partial charge in [0.15, 0.2) is 0 Å². The molecule has 0 bridgehead atoms. The van der Waals surface area contributed by atoms with Crippen molar-refractivity contribution in [1.29, 1.82) is 0 Å². The Morgan fingerprint density at radius 3 is 2.89 bits per heavy atom. The number of nitrogens with zero attached hydrogens (tertiary/aromatic N) is 4. The summed E-state index contributed by atoms with van der Waals surface area (Å²) in [7, 11) is 0. The fraction of sp³-hybridized carbons (Fsp3) is 0.154. The molecular weight excluding hydrogens is 247 g/mol. The van der Waals surface area contributed by atoms with Crippen LogP contribution in [0.4, 0.5) is 4.39 Å². The van der Waals surface area contributed by atoms with Gasteiger partial charge < -0.3 is 4.90 Å². The summed E-state index contributed by atoms with van der Waals surface area (Å²) in [5.74, 6) is 0.209. The van der Waals surface area contributed by atoms with Crippen molar-refractivity contribution in [2.24, 2.45) is 0 Å². The molecule has 1 unspecified atom stereocenters. The lowest BCUT2D eigenvalue weighted by Crippen LogP contribution is -2.23. The van der Waals surface area contributed by atoms with E-state index in [2.05, 4.69) is 9.97 Å². The summed E-state index contributed by atoms with van der Waals surface area (Å²) in [6, 6.07) is 2.81. The first-order valence-corrected chi connectivity index (χ1v) is 5.81. The van der Waals surface area contributed by atoms with Crippen molar-refractivity contribution < 1.29 is 9.18 Å². The first kappa shape index (κ1) is 11.6. The van der Waals surface area contributed by atoms with E-state index >= 15 is 0 Å². The van der Waals surface area contributed by atoms with E-state index in [4.69, 9.17) is 0 Å². The van der Waals surface area contributed by atoms with Crippen LogP contribution in [-0.4, -0.2) is 25.8 Å². The molecule has 0 fully saturated rings. The Balaban J connectivity index is 2.07. The molecule has 5 nitrogen and oxygen atoms in total. The Hall–Kier alpha value is -2.50. The molecular formula is C13H11FN4O. The zero-order valence-electron chi connectivity index (χ0n) is 10.2. The Morgan fingerprint density at radius 1 is 1.37 bits per heavy atom. The SMILES string of the molecule is CC1c2ncn(-c3ccc(F)cn3)c2C=CN1C=O. The van der Waals surface area contributed by atoms with Crippen LogP contribution in [-0.2, 0) is 4.79 Å². The second-order valence-corrected chi connectivity index (χ2v) is 4.26. The van der Waals surface area contributed by atoms with Gasteiger partial charge in [-0.3, -0.25) is 9.36 Å². The molecule has 1 aliphatic heterocycles. The lowest BCUT2D eigenvalue weighted by Gasteiger charge is -2.24. The first-order chi connectivity index (χ1) is 9.20. The molecule has 2 aromatic heterocycles. The number of amides is 1. The van der Waals surface area contributed by atoms with Crippen LogP contribution in [0.1, 0.15) is 24.4 Å². The van der Waals surface area contributed by atoms with Gasteiger partial charge in [0.25, 0.3) is 0 Å². The largest absolute Gasteiger partial charge is 0.313 e. The third kappa shape index (κ3) is 1.81. The lowest BCUT2D eigenvalue weighted by molar-refractivity contribution is -0.117. The number of fused-ring (bicyclic) bond motifs is 1. The number of hydrogen-bond donors (Lipinski definition) is 0. The molecule has 3 rings (SSSR count). The third-order valence-electron chi connectivity index (χ3n) is 3.16. The predicted octanol–water partition coefficient (Wildman–Crippen LogP) is 1.91. The van der Waals surface area contributed by atoms with Crippen molar-refractivity contribution in [3.8, 4) is 5.82 Å². The fourth-order valence-corrected chi connectivity index (χ4v) is 2.11. The van der Waals surface area contributed by atoms with E-state index < -0.39 is 0 Å². The van der Waals surface area contributed by atoms with E-state index in [0.717, 1.165) is 24.0 Å². The summed E-state index contributed by atoms with van der Waals surface area (Å²) >= 11 is 0. The van der Waals surface area contributed by atoms with Gasteiger partial charge in [0.05, 0.1) is 23.6 Å². The summed E-state index contributed by atoms with van der Waals surface area (Å²) in [6.45, 7) is 1.90. The predicted molar refractivity (Wildman–Crippen MR) is 66.7 cm³/mol. The second kappa shape index (κ2) is 4.31. The van der Waals surface area contributed by atoms with Gasteiger partial charge in [-0.15, -0.1) is 0 Å². The lowest BCUT2D eigenvalue weighted by atomic mass is 10.1. The number of halogens is 1. The molecule has 1 amide bonds. The summed E-state index contributed by atoms with van der Waals surface area (Å²) in [5.41, 5.74) is 1.64. The van der Waals surface area contributed by atoms with E-state index in [1.54, 1.807) is 29.2 Å². The summed E-state index contributed by atoms with van der Waals surface area (Å²) < 4.78 is 14.6. The molecule has 0 aromatic carbocycles. The van der Waals surface area contributed by atoms with Crippen LogP contribution in [0.3, 0.4) is 0 Å². The van der Waals surface area contributed by atoms with Crippen molar-refractivity contribution >= 4 is 12.5 Å². The monoisotopic (exact) mass is 258 g/mol. The Kier molecular flexibility index (Phi) is 2.63. The smallest absolute Gasteiger partial charge is 0.214 e. The van der Waals surface area contributed by atoms with Gasteiger partial charge in [0.1, 0.15) is 18.0 Å². The quantitative estimate of drug-likeness (QED) is 0.773. The molecule has 19 heavy (non-hydrogen) atoms. The van der Waals surface area contributed by atoms with Crippen molar-refractivity contribution in [3.05, 3.63) is 48.1 Å². The number of rotatable bonds is 2. The normalized spacial score (nSPS) is 17.4. The van der Waals surface area contributed by atoms with Crippen molar-refractivity contribution in [2.45, 2.75) is 13.0 Å². The van der Waals surface area contributed by atoms with E-state index in [-0.39, 0.29) is 11.9 Å². The average Bonchev–Trinajstić information content (AvgIpc) is 2.85. The number of pyridine rings is 1. The minimum atomic E-state index is -0.381. The molecule has 96 valence electrons. The van der Waals surface area contributed by atoms with Gasteiger partial charge in [0, 0.05) is 6.20 Å². The van der Waals surface area contributed by atoms with E-state index in [9.17, 15) is 9.18 Å². The van der Waals surface area contributed by atoms with Gasteiger partial charge in [-0.1, -0.05) is 0 Å². The van der Waals surface area contributed by atoms with E-state index in [1.807, 2.05) is 6.92 Å². The summed E-state index contributed by atoms with van der Waals surface area (Å²) in [6.07, 6.45) is 7.04. The van der Waals surface area contributed by atoms with Gasteiger partial charge in [-0.2, -0.15) is 0 Å². The Labute approximate surface area is 109 Å². The number of carbonyl (C=O) groups excluding carboxylic acids is 1. The zero-order chi connectivity index (χ0) is 13.4. The van der Waals surface area contributed by atoms with Crippen LogP contribution < -0.4 is 0 Å². The summed E-state index contributed by atoms with van der Waals surface area (Å²) in [4.78, 5) is 20.8. The van der Waals surface area contributed by atoms with Crippen molar-refractivity contribution in [3.63, 3.8) is 0 Å². The Bertz CT molecular complexity index is 647. The molecule has 0 aliphatic carbocycles. The number of imidazole rings is 1. The molecule has 0 saturated carbocycles. The van der Waals surface area contributed by atoms with Crippen LogP contribution in [0.25, 0.3) is 11.9 Å². The van der Waals surface area contributed by atoms with Crippen LogP contribution >= 0.6 is 0 Å². The number of aromatic nitrogens is 3. The minimum absolute atomic E-state index is 0.126. The van der Waals surface area contributed by atoms with Crippen molar-refractivity contribution in [1.82, 2.24) is 19.4 Å². The second-order valence-electron chi connectivity index (χ2n) is 4.26. The molecule has 6 heteroatoms. The highest BCUT2D eigenvalue weighted by Gasteiger charge is 2.23. The number of hydrogen-bond acceptors (Lipinski definition) is 3. The van der Waals surface area contributed by atoms with Crippen LogP contribution in [0.2, 0.25) is 0 Å². The van der Waals surface area contributed by atoms with Gasteiger partial charge >= 0.3 is 0 Å². The van der Waals surface area contributed by atoms with Gasteiger partial charge in [-0.25, -0.2) is 14.4 Å². The molecule has 0 radical (unpaired) electrons. The standard InChI is InChI=1S/C13H11FN4O/c1-9-13-11(4-5-17(9)8-19)18(7-16-13)12-3-2-10(14)6-15-12/h2-9H,1H3. The maximum Gasteiger partial charge on any atom is 0.214 e. The molecule has 0 spiro atoms. The van der Waals surface area contributed by atoms with Crippen LogP contribution in [0.5, 0.6) is 0 Å². The molecule has 0 saturated heterocycles. The molecule has 1 aliphatic rings. The number of carbonyl (C=O) groups is 1. The molecule has 2 aromatic rings. The third-order valence-corrected chi connectivity index (χ3v) is 3.16. The van der Waals surface area contributed by atoms with E-state index in [1.165, 1.54) is 11.0 Å². The zero-order valence-corrected chi connectivity index (χ0v) is 10.2. The minimum Gasteiger partial charge on any atom is -0.313 e. The van der Waals surface area contributed by atoms with Gasteiger partial charge in [-0.05, 0) is 25.1 Å². The Morgan fingerprint density at radius 2 is 2.21 bits per heavy atom. The maximum atomic E-state index is 12.9. The highest BCUT2D eigenvalue weighted by molar-refractivity contribution is 5.61. The van der Waals surface area contributed by atoms with E-state index in [0.29, 0.717) is 5.82 Å². The topological polar surface area (TPSA) is 51.0 Å². The van der Waals surface area contributed by atoms with Crippen molar-refractivity contribution in [2.75, 3.05) is 0 Å². The van der Waals surface area contributed by atoms with Crippen LogP contribution in [0.15, 0.2) is 30.9 Å². The molecule has 3 heterocycles. The highest BCUT2D eigenvalue weighted by atomic mass is 19.1.